The topological polar surface area (TPSA) is 66.2 Å². The predicted octanol–water partition coefficient (Wildman–Crippen LogP) is -0.690. The van der Waals surface area contributed by atoms with Crippen LogP contribution in [0, 0.1) is 0 Å². The van der Waals surface area contributed by atoms with Crippen LogP contribution in [0.25, 0.3) is 10.9 Å². The molecule has 0 aromatic carbocycles. The smallest absolute Gasteiger partial charge is 0.423 e. The molecule has 0 saturated heterocycles. The number of hydrogen-bond acceptors (Lipinski definition) is 4. The van der Waals surface area contributed by atoms with E-state index in [0.717, 1.165) is 0 Å². The van der Waals surface area contributed by atoms with E-state index >= 15 is 0 Å². The van der Waals surface area contributed by atoms with Crippen LogP contribution in [0.4, 0.5) is 0 Å². The van der Waals surface area contributed by atoms with E-state index < -0.39 is 7.12 Å². The second-order valence-electron chi connectivity index (χ2n) is 2.67. The fraction of sp³-hybridized carbons (Fsp3) is 0. The molecule has 0 fully saturated rings. The van der Waals surface area contributed by atoms with Gasteiger partial charge in [-0.1, -0.05) is 0 Å². The van der Waals surface area contributed by atoms with Gasteiger partial charge in [0.15, 0.2) is 0 Å². The van der Waals surface area contributed by atoms with Gasteiger partial charge in [0.25, 0.3) is 0 Å². The average molecular weight is 174 g/mol. The molecule has 13 heavy (non-hydrogen) atoms. The van der Waals surface area contributed by atoms with Crippen molar-refractivity contribution < 1.29 is 10.0 Å². The molecule has 0 aliphatic rings. The molecule has 0 aliphatic heterocycles. The minimum atomic E-state index is -1.48. The van der Waals surface area contributed by atoms with E-state index in [4.69, 9.17) is 10.0 Å². The van der Waals surface area contributed by atoms with Gasteiger partial charge in [-0.25, -0.2) is 0 Å². The highest BCUT2D eigenvalue weighted by Gasteiger charge is 2.14. The second kappa shape index (κ2) is 3.12. The molecule has 2 heterocycles. The highest BCUT2D eigenvalue weighted by molar-refractivity contribution is 6.61. The molecular formula is C8H7BN2O2. The maximum Gasteiger partial charge on any atom is 0.489 e. The van der Waals surface area contributed by atoms with Gasteiger partial charge in [-0.05, 0) is 17.6 Å². The molecular weight excluding hydrogens is 167 g/mol. The van der Waals surface area contributed by atoms with Gasteiger partial charge in [0.2, 0.25) is 0 Å². The molecule has 0 unspecified atom stereocenters. The largest absolute Gasteiger partial charge is 0.489 e. The van der Waals surface area contributed by atoms with Crippen LogP contribution in [0.3, 0.4) is 0 Å². The third-order valence-electron chi connectivity index (χ3n) is 1.85. The van der Waals surface area contributed by atoms with Crippen molar-refractivity contribution in [2.24, 2.45) is 0 Å². The number of pyridine rings is 2. The molecule has 2 aromatic rings. The fourth-order valence-corrected chi connectivity index (χ4v) is 1.23. The number of nitrogens with zero attached hydrogens (tertiary/aromatic N) is 2. The highest BCUT2D eigenvalue weighted by Crippen LogP contribution is 2.05. The molecule has 64 valence electrons. The molecule has 2 rings (SSSR count). The van der Waals surface area contributed by atoms with Gasteiger partial charge in [-0.2, -0.15) is 0 Å². The van der Waals surface area contributed by atoms with Crippen LogP contribution in [-0.2, 0) is 0 Å². The number of fused-ring (bicyclic) bond motifs is 1. The fourth-order valence-electron chi connectivity index (χ4n) is 1.23. The van der Waals surface area contributed by atoms with Crippen molar-refractivity contribution in [2.75, 3.05) is 0 Å². The quantitative estimate of drug-likeness (QED) is 0.561. The molecule has 2 aromatic heterocycles. The Labute approximate surface area is 75.0 Å². The maximum absolute atomic E-state index is 9.02. The van der Waals surface area contributed by atoms with Crippen molar-refractivity contribution in [3.63, 3.8) is 0 Å². The molecule has 2 N–H and O–H groups in total. The summed E-state index contributed by atoms with van der Waals surface area (Å²) in [5, 5.41) is 18.7. The Hall–Kier alpha value is -1.46. The second-order valence-corrected chi connectivity index (χ2v) is 2.67. The van der Waals surface area contributed by atoms with Gasteiger partial charge in [-0.15, -0.1) is 0 Å². The summed E-state index contributed by atoms with van der Waals surface area (Å²) in [4.78, 5) is 7.96. The van der Waals surface area contributed by atoms with Gasteiger partial charge < -0.3 is 10.0 Å². The van der Waals surface area contributed by atoms with Crippen molar-refractivity contribution in [1.82, 2.24) is 9.97 Å². The van der Waals surface area contributed by atoms with Gasteiger partial charge in [0, 0.05) is 24.0 Å². The summed E-state index contributed by atoms with van der Waals surface area (Å²) in [5.74, 6) is 0. The minimum absolute atomic E-state index is 0.429. The Morgan fingerprint density at radius 2 is 2.00 bits per heavy atom. The molecule has 4 nitrogen and oxygen atoms in total. The Kier molecular flexibility index (Phi) is 1.96. The maximum atomic E-state index is 9.02. The van der Waals surface area contributed by atoms with Gasteiger partial charge in [0.1, 0.15) is 0 Å². The zero-order valence-electron chi connectivity index (χ0n) is 6.75. The third-order valence-corrected chi connectivity index (χ3v) is 1.85. The Balaban J connectivity index is 2.76. The zero-order chi connectivity index (χ0) is 9.26. The van der Waals surface area contributed by atoms with Gasteiger partial charge in [-0.3, -0.25) is 9.97 Å². The molecule has 0 radical (unpaired) electrons. The summed E-state index contributed by atoms with van der Waals surface area (Å²) in [6.07, 6.45) is 4.72. The van der Waals surface area contributed by atoms with Crippen LogP contribution in [-0.4, -0.2) is 27.1 Å². The molecule has 0 atom stereocenters. The van der Waals surface area contributed by atoms with Crippen molar-refractivity contribution >= 4 is 23.5 Å². The van der Waals surface area contributed by atoms with Crippen molar-refractivity contribution in [3.8, 4) is 0 Å². The van der Waals surface area contributed by atoms with E-state index in [1.54, 1.807) is 24.5 Å². The molecule has 0 saturated carbocycles. The van der Waals surface area contributed by atoms with Gasteiger partial charge >= 0.3 is 7.12 Å². The minimum Gasteiger partial charge on any atom is -0.423 e. The normalized spacial score (nSPS) is 10.3. The monoisotopic (exact) mass is 174 g/mol. The Morgan fingerprint density at radius 1 is 1.15 bits per heavy atom. The van der Waals surface area contributed by atoms with Crippen LogP contribution < -0.4 is 5.46 Å². The average Bonchev–Trinajstić information content (AvgIpc) is 2.17. The molecule has 5 heteroatoms. The lowest BCUT2D eigenvalue weighted by Gasteiger charge is -2.02. The zero-order valence-corrected chi connectivity index (χ0v) is 6.75. The first-order valence-corrected chi connectivity index (χ1v) is 3.84. The van der Waals surface area contributed by atoms with Crippen LogP contribution in [0.5, 0.6) is 0 Å². The highest BCUT2D eigenvalue weighted by atomic mass is 16.4. The van der Waals surface area contributed by atoms with Gasteiger partial charge in [0.05, 0.1) is 5.52 Å². The summed E-state index contributed by atoms with van der Waals surface area (Å²) in [7, 11) is -1.48. The van der Waals surface area contributed by atoms with E-state index in [0.29, 0.717) is 16.4 Å². The first kappa shape index (κ1) is 8.16. The lowest BCUT2D eigenvalue weighted by molar-refractivity contribution is 0.426. The molecule has 0 amide bonds. The van der Waals surface area contributed by atoms with Crippen molar-refractivity contribution in [3.05, 3.63) is 30.7 Å². The number of rotatable bonds is 1. The van der Waals surface area contributed by atoms with E-state index in [-0.39, 0.29) is 0 Å². The lowest BCUT2D eigenvalue weighted by atomic mass is 9.79. The molecule has 0 spiro atoms. The lowest BCUT2D eigenvalue weighted by Crippen LogP contribution is -2.30. The van der Waals surface area contributed by atoms with Crippen molar-refractivity contribution in [2.45, 2.75) is 0 Å². The van der Waals surface area contributed by atoms with Crippen LogP contribution in [0.15, 0.2) is 30.7 Å². The first-order valence-electron chi connectivity index (χ1n) is 3.84. The van der Waals surface area contributed by atoms with E-state index in [2.05, 4.69) is 9.97 Å². The number of aromatic nitrogens is 2. The Bertz CT molecular complexity index is 428. The standard InChI is InChI=1S/C8H7BN2O2/c12-9(13)7-1-4-11-8-2-3-10-5-6(7)8/h1-5,12-13H. The molecule has 0 aliphatic carbocycles. The number of hydrogen-bond donors (Lipinski definition) is 2. The third kappa shape index (κ3) is 1.39. The summed E-state index contributed by atoms with van der Waals surface area (Å²) >= 11 is 0. The summed E-state index contributed by atoms with van der Waals surface area (Å²) in [6, 6.07) is 3.29. The summed E-state index contributed by atoms with van der Waals surface area (Å²) in [5.41, 5.74) is 1.14. The van der Waals surface area contributed by atoms with Crippen LogP contribution in [0.1, 0.15) is 0 Å². The van der Waals surface area contributed by atoms with Crippen molar-refractivity contribution in [1.29, 1.82) is 0 Å². The van der Waals surface area contributed by atoms with E-state index in [9.17, 15) is 0 Å². The Morgan fingerprint density at radius 3 is 2.77 bits per heavy atom. The summed E-state index contributed by atoms with van der Waals surface area (Å²) < 4.78 is 0. The summed E-state index contributed by atoms with van der Waals surface area (Å²) in [6.45, 7) is 0. The SMILES string of the molecule is OB(O)c1ccnc2ccncc12. The predicted molar refractivity (Wildman–Crippen MR) is 49.4 cm³/mol. The van der Waals surface area contributed by atoms with E-state index in [1.807, 2.05) is 0 Å². The molecule has 0 bridgehead atoms. The van der Waals surface area contributed by atoms with Crippen LogP contribution in [0.2, 0.25) is 0 Å². The first-order chi connectivity index (χ1) is 6.29. The van der Waals surface area contributed by atoms with E-state index in [1.165, 1.54) is 6.20 Å². The van der Waals surface area contributed by atoms with Crippen LogP contribution >= 0.6 is 0 Å².